The molecule has 7 heteroatoms. The number of carbonyl (C=O) groups excluding carboxylic acids is 2. The quantitative estimate of drug-likeness (QED) is 0.0984. The lowest BCUT2D eigenvalue weighted by Gasteiger charge is -2.58. The van der Waals surface area contributed by atoms with E-state index in [0.29, 0.717) is 17.0 Å². The van der Waals surface area contributed by atoms with Gasteiger partial charge in [-0.15, -0.1) is 0 Å². The van der Waals surface area contributed by atoms with Gasteiger partial charge in [-0.1, -0.05) is 86.3 Å². The van der Waals surface area contributed by atoms with Gasteiger partial charge in [-0.3, -0.25) is 13.8 Å². The van der Waals surface area contributed by atoms with E-state index in [2.05, 4.69) is 45.8 Å². The molecule has 51 heavy (non-hydrogen) atoms. The topological polar surface area (TPSA) is 78.3 Å². The third-order valence-electron chi connectivity index (χ3n) is 13.9. The monoisotopic (exact) mass is 723 g/mol. The van der Waals surface area contributed by atoms with E-state index in [1.807, 2.05) is 34.6 Å². The minimum absolute atomic E-state index is 0.174. The normalized spacial score (nSPS) is 32.1. The first-order valence-corrected chi connectivity index (χ1v) is 22.5. The van der Waals surface area contributed by atoms with Crippen molar-refractivity contribution < 1.29 is 18.5 Å². The number of Topliss-reactive ketones (excluding diaryl/α,β-unsaturated/α-hetero) is 1. The van der Waals surface area contributed by atoms with Crippen LogP contribution in [0.3, 0.4) is 0 Å². The van der Waals surface area contributed by atoms with Crippen LogP contribution in [0.1, 0.15) is 140 Å². The standard InChI is InChI=1S/C44H70N2O4S/c1-29(2)15-13-16-30(3)34-19-20-35-33-18-17-31-27-32(21-23-43(31,9)36(33)22-24-44(34,35)10)50-40(48)42(7,8)28-37(46-26-14-25-45-46)38(51(11,12)49)39(47)41(4,5)6/h14,17,25-26,28-30,32-36H,13,15-16,18-24,27H2,1-12H3/b37-28+/t30-,32-,33-,34?,35-,36-,43-,44+/m0/s1. The van der Waals surface area contributed by atoms with Gasteiger partial charge in [0.25, 0.3) is 0 Å². The number of carbonyl (C=O) groups is 2. The lowest BCUT2D eigenvalue weighted by Crippen LogP contribution is -2.51. The number of fused-ring (bicyclic) bond motifs is 5. The zero-order chi connectivity index (χ0) is 37.7. The number of nitrogens with zero attached hydrogens (tertiary/aromatic N) is 2. The second-order valence-corrected chi connectivity index (χ2v) is 22.8. The Bertz CT molecular complexity index is 1630. The van der Waals surface area contributed by atoms with E-state index in [4.69, 9.17) is 4.74 Å². The maximum atomic E-state index is 14.0. The van der Waals surface area contributed by atoms with Gasteiger partial charge in [0.05, 0.1) is 16.0 Å². The molecule has 4 aliphatic rings. The lowest BCUT2D eigenvalue weighted by molar-refractivity contribution is -0.159. The molecule has 0 radical (unpaired) electrons. The molecule has 8 atom stereocenters. The molecule has 0 aliphatic heterocycles. The first kappa shape index (κ1) is 40.0. The van der Waals surface area contributed by atoms with Crippen molar-refractivity contribution in [2.24, 2.45) is 57.2 Å². The second-order valence-electron chi connectivity index (χ2n) is 19.9. The summed E-state index contributed by atoms with van der Waals surface area (Å²) in [4.78, 5) is 28.0. The Kier molecular flexibility index (Phi) is 11.5. The van der Waals surface area contributed by atoms with Crippen molar-refractivity contribution in [3.63, 3.8) is 0 Å². The van der Waals surface area contributed by atoms with Gasteiger partial charge in [0.15, 0.2) is 5.78 Å². The van der Waals surface area contributed by atoms with Gasteiger partial charge in [-0.25, -0.2) is 4.68 Å². The van der Waals surface area contributed by atoms with Crippen molar-refractivity contribution >= 4 is 31.8 Å². The second kappa shape index (κ2) is 14.6. The molecule has 5 rings (SSSR count). The molecule has 1 heterocycles. The summed E-state index contributed by atoms with van der Waals surface area (Å²) in [5, 5.41) is 4.40. The number of ether oxygens (including phenoxy) is 1. The number of rotatable bonds is 11. The average molecular weight is 723 g/mol. The largest absolute Gasteiger partial charge is 0.461 e. The average Bonchev–Trinajstić information content (AvgIpc) is 3.67. The third kappa shape index (κ3) is 8.04. The first-order chi connectivity index (χ1) is 23.6. The minimum Gasteiger partial charge on any atom is -0.461 e. The molecule has 1 aromatic rings. The van der Waals surface area contributed by atoms with E-state index in [0.717, 1.165) is 48.9 Å². The van der Waals surface area contributed by atoms with Crippen LogP contribution < -0.4 is 0 Å². The Morgan fingerprint density at radius 1 is 1.02 bits per heavy atom. The van der Waals surface area contributed by atoms with E-state index >= 15 is 0 Å². The molecule has 286 valence electrons. The molecule has 3 saturated carbocycles. The highest BCUT2D eigenvalue weighted by Gasteiger charge is 2.59. The van der Waals surface area contributed by atoms with Crippen LogP contribution >= 0.6 is 0 Å². The molecule has 0 N–H and O–H groups in total. The molecule has 1 unspecified atom stereocenters. The van der Waals surface area contributed by atoms with E-state index in [1.165, 1.54) is 56.9 Å². The van der Waals surface area contributed by atoms with Crippen molar-refractivity contribution in [2.75, 3.05) is 12.5 Å². The van der Waals surface area contributed by atoms with Crippen LogP contribution in [-0.2, 0) is 23.8 Å². The fourth-order valence-electron chi connectivity index (χ4n) is 11.0. The molecule has 0 aromatic carbocycles. The van der Waals surface area contributed by atoms with Gasteiger partial charge in [-0.2, -0.15) is 5.10 Å². The predicted octanol–water partition coefficient (Wildman–Crippen LogP) is 10.0. The van der Waals surface area contributed by atoms with Crippen LogP contribution in [0.5, 0.6) is 0 Å². The summed E-state index contributed by atoms with van der Waals surface area (Å²) >= 11 is 0. The smallest absolute Gasteiger partial charge is 0.315 e. The van der Waals surface area contributed by atoms with Crippen molar-refractivity contribution in [2.45, 2.75) is 146 Å². The molecular weight excluding hydrogens is 653 g/mol. The summed E-state index contributed by atoms with van der Waals surface area (Å²) in [6, 6.07) is 1.76. The van der Waals surface area contributed by atoms with Crippen LogP contribution in [0.25, 0.3) is 5.70 Å². The predicted molar refractivity (Wildman–Crippen MR) is 213 cm³/mol. The number of esters is 1. The number of aromatic nitrogens is 2. The summed E-state index contributed by atoms with van der Waals surface area (Å²) in [7, 11) is -2.72. The van der Waals surface area contributed by atoms with E-state index in [-0.39, 0.29) is 28.1 Å². The van der Waals surface area contributed by atoms with Crippen molar-refractivity contribution in [3.8, 4) is 0 Å². The van der Waals surface area contributed by atoms with Gasteiger partial charge in [0.1, 0.15) is 6.10 Å². The highest BCUT2D eigenvalue weighted by atomic mass is 32.2. The summed E-state index contributed by atoms with van der Waals surface area (Å²) in [6.45, 7) is 21.6. The molecule has 0 spiro atoms. The number of hydrogen-bond donors (Lipinski definition) is 0. The Morgan fingerprint density at radius 3 is 2.33 bits per heavy atom. The number of hydrogen-bond acceptors (Lipinski definition) is 5. The van der Waals surface area contributed by atoms with Crippen LogP contribution in [0.4, 0.5) is 0 Å². The first-order valence-electron chi connectivity index (χ1n) is 20.1. The van der Waals surface area contributed by atoms with Crippen LogP contribution in [0.2, 0.25) is 0 Å². The van der Waals surface area contributed by atoms with Crippen LogP contribution in [0, 0.1) is 57.2 Å². The summed E-state index contributed by atoms with van der Waals surface area (Å²) in [5.74, 6) is 4.23. The molecule has 0 amide bonds. The number of allylic oxidation sites excluding steroid dienone is 2. The lowest BCUT2D eigenvalue weighted by atomic mass is 9.47. The van der Waals surface area contributed by atoms with E-state index in [1.54, 1.807) is 41.7 Å². The molecular formula is C44H70N2O4S. The molecule has 0 bridgehead atoms. The summed E-state index contributed by atoms with van der Waals surface area (Å²) in [5.41, 5.74) is 0.694. The van der Waals surface area contributed by atoms with Gasteiger partial charge in [0, 0.05) is 36.7 Å². The molecule has 1 aromatic heterocycles. The Hall–Kier alpha value is -2.15. The van der Waals surface area contributed by atoms with Crippen molar-refractivity contribution in [1.82, 2.24) is 9.78 Å². The Balaban J connectivity index is 1.32. The zero-order valence-electron chi connectivity index (χ0n) is 34.1. The van der Waals surface area contributed by atoms with Crippen LogP contribution in [-0.4, -0.2) is 49.2 Å². The fraction of sp³-hybridized carbons (Fsp3) is 0.773. The molecule has 3 fully saturated rings. The van der Waals surface area contributed by atoms with Gasteiger partial charge < -0.3 is 4.74 Å². The van der Waals surface area contributed by atoms with Crippen molar-refractivity contribution in [3.05, 3.63) is 36.2 Å². The van der Waals surface area contributed by atoms with Gasteiger partial charge in [0.2, 0.25) is 0 Å². The highest BCUT2D eigenvalue weighted by molar-refractivity contribution is 8.03. The zero-order valence-corrected chi connectivity index (χ0v) is 35.0. The fourth-order valence-corrected chi connectivity index (χ4v) is 12.4. The SMILES string of the molecule is CC(C)CCC[C@H](C)C1CC[C@H]2[C@@H]3CC=C4C[C@@H](OC(=O)C(C)(C)/C=C(\C(C(=O)C(C)(C)C)=S(C)(C)=O)n5cccn5)CC[C@]4(C)[C@H]3CC[C@]12C. The van der Waals surface area contributed by atoms with E-state index < -0.39 is 20.4 Å². The van der Waals surface area contributed by atoms with Gasteiger partial charge >= 0.3 is 5.97 Å². The van der Waals surface area contributed by atoms with E-state index in [9.17, 15) is 13.8 Å². The summed E-state index contributed by atoms with van der Waals surface area (Å²) < 4.78 is 21.6. The maximum absolute atomic E-state index is 14.0. The molecule has 0 saturated heterocycles. The minimum atomic E-state index is -2.72. The molecule has 4 aliphatic carbocycles. The number of ketones is 1. The van der Waals surface area contributed by atoms with Crippen LogP contribution in [0.15, 0.2) is 36.2 Å². The van der Waals surface area contributed by atoms with Gasteiger partial charge in [-0.05, 0) is 127 Å². The maximum Gasteiger partial charge on any atom is 0.315 e. The highest BCUT2D eigenvalue weighted by Crippen LogP contribution is 2.67. The van der Waals surface area contributed by atoms with Crippen molar-refractivity contribution in [1.29, 1.82) is 0 Å². The Labute approximate surface area is 311 Å². The summed E-state index contributed by atoms with van der Waals surface area (Å²) in [6.07, 6.45) is 24.1. The molecule has 6 nitrogen and oxygen atoms in total. The third-order valence-corrected chi connectivity index (χ3v) is 15.3. The Morgan fingerprint density at radius 2 is 1.73 bits per heavy atom.